The maximum Gasteiger partial charge on any atom is 0.374 e. The number of carbonyl (C=O) groups is 1. The van der Waals surface area contributed by atoms with E-state index in [2.05, 4.69) is 10.1 Å². The molecule has 2 heterocycles. The van der Waals surface area contributed by atoms with Crippen LogP contribution in [0, 0.1) is 0 Å². The van der Waals surface area contributed by atoms with Crippen LogP contribution in [0.4, 0.5) is 0 Å². The normalized spacial score (nSPS) is 10.7. The van der Waals surface area contributed by atoms with Gasteiger partial charge in [0.15, 0.2) is 0 Å². The third-order valence-corrected chi connectivity index (χ3v) is 3.25. The molecule has 0 aliphatic heterocycles. The van der Waals surface area contributed by atoms with Gasteiger partial charge in [0.1, 0.15) is 11.5 Å². The van der Waals surface area contributed by atoms with Crippen LogP contribution in [0.15, 0.2) is 47.2 Å². The molecule has 3 aromatic rings. The summed E-state index contributed by atoms with van der Waals surface area (Å²) < 4.78 is 6.73. The summed E-state index contributed by atoms with van der Waals surface area (Å²) in [6.07, 6.45) is 4.42. The van der Waals surface area contributed by atoms with E-state index in [1.54, 1.807) is 6.20 Å². The number of hydrogen-bond donors (Lipinski definition) is 1. The summed E-state index contributed by atoms with van der Waals surface area (Å²) in [5, 5.41) is 12.6. The average molecular weight is 283 g/mol. The fourth-order valence-electron chi connectivity index (χ4n) is 2.05. The first kappa shape index (κ1) is 13.1. The molecule has 0 aliphatic carbocycles. The van der Waals surface area contributed by atoms with E-state index in [4.69, 9.17) is 9.63 Å². The Kier molecular flexibility index (Phi) is 3.27. The maximum absolute atomic E-state index is 10.8. The van der Waals surface area contributed by atoms with Gasteiger partial charge < -0.3 is 14.2 Å². The zero-order valence-corrected chi connectivity index (χ0v) is 11.4. The molecule has 0 unspecified atom stereocenters. The van der Waals surface area contributed by atoms with Crippen LogP contribution in [0.2, 0.25) is 0 Å². The lowest BCUT2D eigenvalue weighted by Gasteiger charge is -2.03. The number of hydrogen-bond acceptors (Lipinski definition) is 4. The lowest BCUT2D eigenvalue weighted by atomic mass is 10.1. The molecular weight excluding hydrogens is 270 g/mol. The van der Waals surface area contributed by atoms with Gasteiger partial charge in [-0.2, -0.15) is 0 Å². The summed E-state index contributed by atoms with van der Waals surface area (Å²) in [6, 6.07) is 9.14. The molecule has 106 valence electrons. The van der Waals surface area contributed by atoms with Gasteiger partial charge in [0.2, 0.25) is 5.76 Å². The number of carboxylic acid groups (broad SMARTS) is 1. The summed E-state index contributed by atoms with van der Waals surface area (Å²) in [5.41, 5.74) is 2.45. The van der Waals surface area contributed by atoms with Crippen molar-refractivity contribution in [2.75, 3.05) is 0 Å². The second kappa shape index (κ2) is 5.24. The molecule has 0 saturated carbocycles. The van der Waals surface area contributed by atoms with Gasteiger partial charge in [-0.05, 0) is 5.56 Å². The molecule has 3 rings (SSSR count). The molecule has 0 saturated heterocycles. The number of aromatic nitrogens is 3. The Labute approximate surface area is 120 Å². The third kappa shape index (κ3) is 2.69. The molecular formula is C15H13N3O3. The predicted octanol–water partition coefficient (Wildman–Crippen LogP) is 2.36. The molecule has 0 bridgehead atoms. The zero-order valence-electron chi connectivity index (χ0n) is 11.4. The summed E-state index contributed by atoms with van der Waals surface area (Å²) in [6.45, 7) is 0. The third-order valence-electron chi connectivity index (χ3n) is 3.25. The highest BCUT2D eigenvalue weighted by Gasteiger charge is 2.12. The molecule has 0 fully saturated rings. The second-order valence-corrected chi connectivity index (χ2v) is 4.71. The number of nitrogens with zero attached hydrogens (tertiary/aromatic N) is 3. The van der Waals surface area contributed by atoms with Gasteiger partial charge in [0.25, 0.3) is 0 Å². The van der Waals surface area contributed by atoms with Crippen molar-refractivity contribution in [2.24, 2.45) is 7.05 Å². The van der Waals surface area contributed by atoms with E-state index in [1.807, 2.05) is 42.1 Å². The topological polar surface area (TPSA) is 81.2 Å². The van der Waals surface area contributed by atoms with Crippen molar-refractivity contribution in [3.63, 3.8) is 0 Å². The zero-order chi connectivity index (χ0) is 14.8. The molecule has 6 nitrogen and oxygen atoms in total. The smallest absolute Gasteiger partial charge is 0.374 e. The molecule has 6 heteroatoms. The Hall–Kier alpha value is -2.89. The van der Waals surface area contributed by atoms with Crippen LogP contribution in [0.3, 0.4) is 0 Å². The number of rotatable bonds is 4. The van der Waals surface area contributed by atoms with Gasteiger partial charge in [-0.15, -0.1) is 0 Å². The van der Waals surface area contributed by atoms with Gasteiger partial charge in [0, 0.05) is 37.5 Å². The summed E-state index contributed by atoms with van der Waals surface area (Å²) in [5.74, 6) is -0.306. The molecule has 21 heavy (non-hydrogen) atoms. The van der Waals surface area contributed by atoms with Crippen LogP contribution in [0.25, 0.3) is 11.3 Å². The fourth-order valence-corrected chi connectivity index (χ4v) is 2.05. The number of aryl methyl sites for hydroxylation is 1. The summed E-state index contributed by atoms with van der Waals surface area (Å²) in [4.78, 5) is 15.1. The Balaban J connectivity index is 1.80. The lowest BCUT2D eigenvalue weighted by Crippen LogP contribution is -1.98. The number of aromatic carboxylic acids is 1. The van der Waals surface area contributed by atoms with Crippen LogP contribution in [0.5, 0.6) is 0 Å². The predicted molar refractivity (Wildman–Crippen MR) is 74.9 cm³/mol. The first-order valence-corrected chi connectivity index (χ1v) is 6.39. The Morgan fingerprint density at radius 3 is 2.67 bits per heavy atom. The van der Waals surface area contributed by atoms with Crippen LogP contribution in [-0.2, 0) is 13.5 Å². The maximum atomic E-state index is 10.8. The quantitative estimate of drug-likeness (QED) is 0.795. The number of benzene rings is 1. The SMILES string of the molecule is Cn1ccnc1Cc1ccc(-c2cc(C(=O)O)on2)cc1. The van der Waals surface area contributed by atoms with Crippen LogP contribution >= 0.6 is 0 Å². The molecule has 0 atom stereocenters. The molecule has 2 aromatic heterocycles. The minimum absolute atomic E-state index is 0.165. The van der Waals surface area contributed by atoms with E-state index in [0.717, 1.165) is 23.4 Å². The van der Waals surface area contributed by atoms with Crippen molar-refractivity contribution in [1.29, 1.82) is 0 Å². The number of imidazole rings is 1. The highest BCUT2D eigenvalue weighted by Crippen LogP contribution is 2.20. The summed E-state index contributed by atoms with van der Waals surface area (Å²) >= 11 is 0. The van der Waals surface area contributed by atoms with Gasteiger partial charge in [-0.25, -0.2) is 9.78 Å². The van der Waals surface area contributed by atoms with E-state index in [0.29, 0.717) is 5.69 Å². The molecule has 1 N–H and O–H groups in total. The van der Waals surface area contributed by atoms with E-state index >= 15 is 0 Å². The average Bonchev–Trinajstić information content (AvgIpc) is 3.10. The molecule has 0 radical (unpaired) electrons. The fraction of sp³-hybridized carbons (Fsp3) is 0.133. The van der Waals surface area contributed by atoms with Crippen molar-refractivity contribution in [3.05, 3.63) is 59.9 Å². The number of carboxylic acids is 1. The van der Waals surface area contributed by atoms with Gasteiger partial charge in [0.05, 0.1) is 0 Å². The van der Waals surface area contributed by atoms with Crippen molar-refractivity contribution in [3.8, 4) is 11.3 Å². The minimum Gasteiger partial charge on any atom is -0.475 e. The van der Waals surface area contributed by atoms with Crippen molar-refractivity contribution >= 4 is 5.97 Å². The van der Waals surface area contributed by atoms with E-state index in [9.17, 15) is 4.79 Å². The molecule has 0 amide bonds. The van der Waals surface area contributed by atoms with Crippen molar-refractivity contribution in [2.45, 2.75) is 6.42 Å². The lowest BCUT2D eigenvalue weighted by molar-refractivity contribution is 0.0652. The summed E-state index contributed by atoms with van der Waals surface area (Å²) in [7, 11) is 1.96. The second-order valence-electron chi connectivity index (χ2n) is 4.71. The first-order valence-electron chi connectivity index (χ1n) is 6.39. The van der Waals surface area contributed by atoms with Crippen molar-refractivity contribution in [1.82, 2.24) is 14.7 Å². The van der Waals surface area contributed by atoms with Crippen LogP contribution < -0.4 is 0 Å². The van der Waals surface area contributed by atoms with Gasteiger partial charge in [-0.1, -0.05) is 29.4 Å². The highest BCUT2D eigenvalue weighted by molar-refractivity contribution is 5.85. The van der Waals surface area contributed by atoms with Crippen molar-refractivity contribution < 1.29 is 14.4 Å². The highest BCUT2D eigenvalue weighted by atomic mass is 16.5. The van der Waals surface area contributed by atoms with E-state index < -0.39 is 5.97 Å². The Bertz CT molecular complexity index is 772. The standard InChI is InChI=1S/C15H13N3O3/c1-18-7-6-16-14(18)8-10-2-4-11(5-3-10)12-9-13(15(19)20)21-17-12/h2-7,9H,8H2,1H3,(H,19,20). The first-order chi connectivity index (χ1) is 10.1. The van der Waals surface area contributed by atoms with Gasteiger partial charge >= 0.3 is 5.97 Å². The Morgan fingerprint density at radius 1 is 1.33 bits per heavy atom. The van der Waals surface area contributed by atoms with Crippen LogP contribution in [0.1, 0.15) is 21.9 Å². The van der Waals surface area contributed by atoms with Gasteiger partial charge in [-0.3, -0.25) is 0 Å². The molecule has 0 spiro atoms. The monoisotopic (exact) mass is 283 g/mol. The largest absolute Gasteiger partial charge is 0.475 e. The van der Waals surface area contributed by atoms with E-state index in [1.165, 1.54) is 6.07 Å². The van der Waals surface area contributed by atoms with E-state index in [-0.39, 0.29) is 5.76 Å². The molecule has 0 aliphatic rings. The Morgan fingerprint density at radius 2 is 2.10 bits per heavy atom. The minimum atomic E-state index is -1.12. The molecule has 1 aromatic carbocycles. The van der Waals surface area contributed by atoms with Crippen LogP contribution in [-0.4, -0.2) is 25.8 Å².